The van der Waals surface area contributed by atoms with Gasteiger partial charge in [0, 0.05) is 15.2 Å². The smallest absolute Gasteiger partial charge is 0.310 e. The number of alkyl halides is 3. The lowest BCUT2D eigenvalue weighted by Crippen LogP contribution is -2.27. The molecule has 1 atom stereocenters. The zero-order chi connectivity index (χ0) is 14.8. The highest BCUT2D eigenvalue weighted by Crippen LogP contribution is 2.38. The van der Waals surface area contributed by atoms with Crippen molar-refractivity contribution in [1.82, 2.24) is 5.32 Å². The quantitative estimate of drug-likeness (QED) is 0.720. The van der Waals surface area contributed by atoms with Crippen LogP contribution in [-0.2, 0) is 0 Å². The summed E-state index contributed by atoms with van der Waals surface area (Å²) < 4.78 is 40.2. The summed E-state index contributed by atoms with van der Waals surface area (Å²) in [4.78, 5) is 0. The Kier molecular flexibility index (Phi) is 5.09. The molecular formula is C14H15BrF3NS. The number of rotatable bonds is 5. The van der Waals surface area contributed by atoms with Gasteiger partial charge >= 0.3 is 6.18 Å². The summed E-state index contributed by atoms with van der Waals surface area (Å²) in [6, 6.07) is 4.95. The predicted octanol–water partition coefficient (Wildman–Crippen LogP) is 5.66. The predicted molar refractivity (Wildman–Crippen MR) is 81.2 cm³/mol. The lowest BCUT2D eigenvalue weighted by molar-refractivity contribution is -0.140. The van der Waals surface area contributed by atoms with Crippen LogP contribution in [0.25, 0.3) is 10.1 Å². The minimum atomic E-state index is -4.17. The van der Waals surface area contributed by atoms with Crippen LogP contribution in [0.15, 0.2) is 28.1 Å². The standard InChI is InChI=1S/C14H15BrF3NS/c1-2-6-19-12(7-14(16,17)18)10-8-20-13-9(10)4-3-5-11(13)15/h3-5,8,12,19H,2,6-7H2,1H3. The molecule has 0 aliphatic rings. The number of thiophene rings is 1. The van der Waals surface area contributed by atoms with E-state index in [0.29, 0.717) is 6.54 Å². The van der Waals surface area contributed by atoms with Crippen LogP contribution < -0.4 is 5.32 Å². The topological polar surface area (TPSA) is 12.0 Å². The van der Waals surface area contributed by atoms with Crippen LogP contribution >= 0.6 is 27.3 Å². The number of benzene rings is 1. The zero-order valence-corrected chi connectivity index (χ0v) is 13.3. The SMILES string of the molecule is CCCNC(CC(F)(F)F)c1csc2c(Br)cccc12. The van der Waals surface area contributed by atoms with Crippen molar-refractivity contribution in [1.29, 1.82) is 0 Å². The summed E-state index contributed by atoms with van der Waals surface area (Å²) in [7, 11) is 0. The number of fused-ring (bicyclic) bond motifs is 1. The van der Waals surface area contributed by atoms with Crippen molar-refractivity contribution in [3.63, 3.8) is 0 Å². The van der Waals surface area contributed by atoms with Gasteiger partial charge in [0.2, 0.25) is 0 Å². The third-order valence-electron chi connectivity index (χ3n) is 3.03. The average Bonchev–Trinajstić information content (AvgIpc) is 2.78. The van der Waals surface area contributed by atoms with E-state index in [1.54, 1.807) is 0 Å². The maximum absolute atomic E-state index is 12.8. The number of hydrogen-bond donors (Lipinski definition) is 1. The largest absolute Gasteiger partial charge is 0.390 e. The van der Waals surface area contributed by atoms with Gasteiger partial charge in [-0.1, -0.05) is 19.1 Å². The molecule has 0 fully saturated rings. The van der Waals surface area contributed by atoms with Gasteiger partial charge in [0.15, 0.2) is 0 Å². The van der Waals surface area contributed by atoms with Gasteiger partial charge in [0.05, 0.1) is 6.42 Å². The first kappa shape index (κ1) is 15.8. The highest BCUT2D eigenvalue weighted by molar-refractivity contribution is 9.10. The summed E-state index contributed by atoms with van der Waals surface area (Å²) in [5.74, 6) is 0. The normalized spacial score (nSPS) is 13.8. The Morgan fingerprint density at radius 3 is 2.75 bits per heavy atom. The molecule has 0 saturated heterocycles. The number of nitrogens with one attached hydrogen (secondary N) is 1. The molecule has 0 radical (unpaired) electrons. The zero-order valence-electron chi connectivity index (χ0n) is 10.9. The molecule has 0 aliphatic heterocycles. The van der Waals surface area contributed by atoms with E-state index in [0.717, 1.165) is 26.5 Å². The number of halogens is 4. The van der Waals surface area contributed by atoms with Crippen molar-refractivity contribution in [2.75, 3.05) is 6.54 Å². The lowest BCUT2D eigenvalue weighted by Gasteiger charge is -2.20. The molecule has 0 amide bonds. The highest BCUT2D eigenvalue weighted by atomic mass is 79.9. The molecule has 0 bridgehead atoms. The summed E-state index contributed by atoms with van der Waals surface area (Å²) in [6.45, 7) is 2.52. The molecule has 2 aromatic rings. The molecule has 1 nitrogen and oxygen atoms in total. The minimum Gasteiger partial charge on any atom is -0.310 e. The molecule has 6 heteroatoms. The van der Waals surface area contributed by atoms with Crippen LogP contribution in [0.5, 0.6) is 0 Å². The van der Waals surface area contributed by atoms with E-state index in [-0.39, 0.29) is 0 Å². The van der Waals surface area contributed by atoms with Crippen molar-refractivity contribution in [3.05, 3.63) is 33.6 Å². The second-order valence-corrected chi connectivity index (χ2v) is 6.37. The van der Waals surface area contributed by atoms with Gasteiger partial charge in [-0.3, -0.25) is 0 Å². The molecule has 0 saturated carbocycles. The molecule has 2 rings (SSSR count). The minimum absolute atomic E-state index is 0.575. The van der Waals surface area contributed by atoms with Crippen molar-refractivity contribution in [2.24, 2.45) is 0 Å². The fourth-order valence-corrected chi connectivity index (χ4v) is 3.83. The Hall–Kier alpha value is -0.590. The summed E-state index contributed by atoms with van der Waals surface area (Å²) in [5, 5.41) is 5.73. The Bertz CT molecular complexity index is 579. The second kappa shape index (κ2) is 6.45. The van der Waals surface area contributed by atoms with E-state index >= 15 is 0 Å². The third-order valence-corrected chi connectivity index (χ3v) is 5.00. The maximum atomic E-state index is 12.8. The first-order chi connectivity index (χ1) is 9.42. The van der Waals surface area contributed by atoms with E-state index in [9.17, 15) is 13.2 Å². The number of hydrogen-bond acceptors (Lipinski definition) is 2. The van der Waals surface area contributed by atoms with E-state index in [1.165, 1.54) is 11.3 Å². The Morgan fingerprint density at radius 1 is 1.35 bits per heavy atom. The molecule has 1 N–H and O–H groups in total. The van der Waals surface area contributed by atoms with Gasteiger partial charge in [-0.15, -0.1) is 11.3 Å². The van der Waals surface area contributed by atoms with Crippen LogP contribution in [0.2, 0.25) is 0 Å². The van der Waals surface area contributed by atoms with Crippen LogP contribution in [-0.4, -0.2) is 12.7 Å². The molecule has 0 spiro atoms. The molecule has 20 heavy (non-hydrogen) atoms. The first-order valence-corrected chi connectivity index (χ1v) is 8.05. The highest BCUT2D eigenvalue weighted by Gasteiger charge is 2.33. The van der Waals surface area contributed by atoms with Crippen molar-refractivity contribution >= 4 is 37.4 Å². The van der Waals surface area contributed by atoms with Crippen LogP contribution in [0, 0.1) is 0 Å². The fourth-order valence-electron chi connectivity index (χ4n) is 2.15. The van der Waals surface area contributed by atoms with E-state index in [2.05, 4.69) is 21.2 Å². The molecule has 0 aliphatic carbocycles. The average molecular weight is 366 g/mol. The van der Waals surface area contributed by atoms with Gasteiger partial charge in [-0.25, -0.2) is 0 Å². The molecule has 110 valence electrons. The van der Waals surface area contributed by atoms with Gasteiger partial charge in [0.25, 0.3) is 0 Å². The molecule has 1 heterocycles. The first-order valence-electron chi connectivity index (χ1n) is 6.38. The van der Waals surface area contributed by atoms with Crippen LogP contribution in [0.3, 0.4) is 0 Å². The molecular weight excluding hydrogens is 351 g/mol. The van der Waals surface area contributed by atoms with Crippen LogP contribution in [0.4, 0.5) is 13.2 Å². The monoisotopic (exact) mass is 365 g/mol. The van der Waals surface area contributed by atoms with E-state index in [4.69, 9.17) is 0 Å². The van der Waals surface area contributed by atoms with Crippen molar-refractivity contribution in [2.45, 2.75) is 32.0 Å². The van der Waals surface area contributed by atoms with Gasteiger partial charge in [0.1, 0.15) is 0 Å². The maximum Gasteiger partial charge on any atom is 0.390 e. The van der Waals surface area contributed by atoms with Crippen molar-refractivity contribution in [3.8, 4) is 0 Å². The van der Waals surface area contributed by atoms with E-state index in [1.807, 2.05) is 30.5 Å². The van der Waals surface area contributed by atoms with Crippen molar-refractivity contribution < 1.29 is 13.2 Å². The summed E-state index contributed by atoms with van der Waals surface area (Å²) in [6.07, 6.45) is -4.21. The van der Waals surface area contributed by atoms with Gasteiger partial charge in [-0.2, -0.15) is 13.2 Å². The van der Waals surface area contributed by atoms with Gasteiger partial charge in [-0.05, 0) is 51.3 Å². The van der Waals surface area contributed by atoms with Gasteiger partial charge < -0.3 is 5.32 Å². The Balaban J connectivity index is 2.37. The molecule has 1 unspecified atom stereocenters. The summed E-state index contributed by atoms with van der Waals surface area (Å²) in [5.41, 5.74) is 0.733. The second-order valence-electron chi connectivity index (χ2n) is 4.63. The Morgan fingerprint density at radius 2 is 2.10 bits per heavy atom. The van der Waals surface area contributed by atoms with E-state index < -0.39 is 18.6 Å². The molecule has 1 aromatic heterocycles. The lowest BCUT2D eigenvalue weighted by atomic mass is 10.0. The Labute approximate surface area is 128 Å². The third kappa shape index (κ3) is 3.74. The molecule has 1 aromatic carbocycles. The summed E-state index contributed by atoms with van der Waals surface area (Å²) >= 11 is 4.92. The fraction of sp³-hybridized carbons (Fsp3) is 0.429. The van der Waals surface area contributed by atoms with Crippen LogP contribution in [0.1, 0.15) is 31.4 Å².